The molecule has 0 spiro atoms. The summed E-state index contributed by atoms with van der Waals surface area (Å²) in [5, 5.41) is 8.24. The van der Waals surface area contributed by atoms with Crippen molar-refractivity contribution in [2.45, 2.75) is 6.43 Å². The number of nitrogens with zero attached hydrogens (tertiary/aromatic N) is 1. The molecule has 6 nitrogen and oxygen atoms in total. The molecule has 8 heteroatoms. The fourth-order valence-corrected chi connectivity index (χ4v) is 0.701. The molecule has 0 aromatic carbocycles. The summed E-state index contributed by atoms with van der Waals surface area (Å²) in [5.74, 6) is -4.29. The second-order valence-corrected chi connectivity index (χ2v) is 2.36. The van der Waals surface area contributed by atoms with Gasteiger partial charge in [0.1, 0.15) is 13.1 Å². The maximum atomic E-state index is 11.8. The van der Waals surface area contributed by atoms with Gasteiger partial charge in [0.2, 0.25) is 5.91 Å². The molecule has 0 saturated carbocycles. The van der Waals surface area contributed by atoms with Gasteiger partial charge < -0.3 is 15.7 Å². The van der Waals surface area contributed by atoms with E-state index in [-0.39, 0.29) is 4.90 Å². The van der Waals surface area contributed by atoms with Gasteiger partial charge in [0.05, 0.1) is 0 Å². The number of carboxylic acids is 1. The first-order chi connectivity index (χ1) is 6.34. The summed E-state index contributed by atoms with van der Waals surface area (Å²) in [6, 6.07) is 0. The van der Waals surface area contributed by atoms with E-state index in [0.717, 1.165) is 0 Å². The smallest absolute Gasteiger partial charge is 0.323 e. The van der Waals surface area contributed by atoms with Crippen LogP contribution in [0, 0.1) is 0 Å². The molecular formula is C6H8F2N2O4. The summed E-state index contributed by atoms with van der Waals surface area (Å²) < 4.78 is 23.7. The Balaban J connectivity index is 4.46. The van der Waals surface area contributed by atoms with Gasteiger partial charge in [0.15, 0.2) is 0 Å². The molecule has 2 amide bonds. The van der Waals surface area contributed by atoms with Crippen LogP contribution in [0.4, 0.5) is 8.78 Å². The van der Waals surface area contributed by atoms with Gasteiger partial charge in [-0.2, -0.15) is 8.78 Å². The van der Waals surface area contributed by atoms with Crippen LogP contribution in [0.3, 0.4) is 0 Å². The fraction of sp³-hybridized carbons (Fsp3) is 0.500. The van der Waals surface area contributed by atoms with Crippen LogP contribution in [0.15, 0.2) is 0 Å². The van der Waals surface area contributed by atoms with Gasteiger partial charge in [-0.1, -0.05) is 0 Å². The van der Waals surface area contributed by atoms with Crippen LogP contribution in [-0.2, 0) is 14.4 Å². The Morgan fingerprint density at radius 1 is 1.29 bits per heavy atom. The Morgan fingerprint density at radius 2 is 1.79 bits per heavy atom. The molecule has 0 aliphatic heterocycles. The third-order valence-corrected chi connectivity index (χ3v) is 1.17. The molecule has 0 rings (SSSR count). The number of amides is 2. The number of alkyl halides is 2. The largest absolute Gasteiger partial charge is 0.480 e. The number of primary amides is 1. The van der Waals surface area contributed by atoms with Gasteiger partial charge in [0.25, 0.3) is 5.91 Å². The van der Waals surface area contributed by atoms with Crippen molar-refractivity contribution in [3.63, 3.8) is 0 Å². The van der Waals surface area contributed by atoms with Crippen molar-refractivity contribution in [1.82, 2.24) is 4.90 Å². The molecule has 0 atom stereocenters. The van der Waals surface area contributed by atoms with Gasteiger partial charge >= 0.3 is 12.4 Å². The molecule has 0 bridgehead atoms. The van der Waals surface area contributed by atoms with Gasteiger partial charge in [-0.05, 0) is 0 Å². The zero-order chi connectivity index (χ0) is 11.3. The van der Waals surface area contributed by atoms with Crippen LogP contribution in [0.1, 0.15) is 0 Å². The lowest BCUT2D eigenvalue weighted by atomic mass is 10.4. The third-order valence-electron chi connectivity index (χ3n) is 1.17. The molecule has 0 aliphatic carbocycles. The molecule has 80 valence electrons. The summed E-state index contributed by atoms with van der Waals surface area (Å²) in [6.07, 6.45) is -3.35. The van der Waals surface area contributed by atoms with E-state index in [1.54, 1.807) is 0 Å². The van der Waals surface area contributed by atoms with E-state index in [4.69, 9.17) is 5.11 Å². The number of nitrogens with two attached hydrogens (primary N) is 1. The minimum absolute atomic E-state index is 0.176. The number of carbonyl (C=O) groups is 3. The van der Waals surface area contributed by atoms with Crippen molar-refractivity contribution >= 4 is 17.8 Å². The predicted octanol–water partition coefficient (Wildman–Crippen LogP) is -1.35. The van der Waals surface area contributed by atoms with E-state index in [2.05, 4.69) is 5.73 Å². The van der Waals surface area contributed by atoms with E-state index in [0.29, 0.717) is 0 Å². The van der Waals surface area contributed by atoms with E-state index in [9.17, 15) is 23.2 Å². The number of aliphatic carboxylic acids is 1. The first-order valence-corrected chi connectivity index (χ1v) is 3.41. The summed E-state index contributed by atoms with van der Waals surface area (Å²) >= 11 is 0. The Labute approximate surface area is 77.3 Å². The van der Waals surface area contributed by atoms with Crippen LogP contribution < -0.4 is 5.73 Å². The second-order valence-electron chi connectivity index (χ2n) is 2.36. The number of carboxylic acid groups (broad SMARTS) is 1. The van der Waals surface area contributed by atoms with Gasteiger partial charge in [-0.25, -0.2) is 0 Å². The quantitative estimate of drug-likeness (QED) is 0.585. The average molecular weight is 210 g/mol. The van der Waals surface area contributed by atoms with Crippen molar-refractivity contribution < 1.29 is 28.3 Å². The van der Waals surface area contributed by atoms with Crippen molar-refractivity contribution in [3.05, 3.63) is 0 Å². The van der Waals surface area contributed by atoms with Gasteiger partial charge in [-0.3, -0.25) is 14.4 Å². The second kappa shape index (κ2) is 5.10. The van der Waals surface area contributed by atoms with E-state index in [1.807, 2.05) is 0 Å². The lowest BCUT2D eigenvalue weighted by molar-refractivity contribution is -0.151. The molecular weight excluding hydrogens is 202 g/mol. The minimum atomic E-state index is -3.35. The number of hydrogen-bond acceptors (Lipinski definition) is 3. The van der Waals surface area contributed by atoms with Crippen LogP contribution in [-0.4, -0.2) is 47.3 Å². The number of rotatable bonds is 5. The van der Waals surface area contributed by atoms with Crippen molar-refractivity contribution in [2.75, 3.05) is 13.1 Å². The molecule has 14 heavy (non-hydrogen) atoms. The summed E-state index contributed by atoms with van der Waals surface area (Å²) in [7, 11) is 0. The number of halogens is 2. The zero-order valence-electron chi connectivity index (χ0n) is 6.94. The standard InChI is InChI=1S/C6H8F2N2O4/c7-5(8)6(14)10(1-3(9)11)2-4(12)13/h5H,1-2H2,(H2,9,11)(H,12,13). The fourth-order valence-electron chi connectivity index (χ4n) is 0.701. The minimum Gasteiger partial charge on any atom is -0.480 e. The number of carbonyl (C=O) groups excluding carboxylic acids is 2. The molecule has 0 aromatic heterocycles. The summed E-state index contributed by atoms with van der Waals surface area (Å²) in [5.41, 5.74) is 4.64. The highest BCUT2D eigenvalue weighted by molar-refractivity contribution is 5.88. The van der Waals surface area contributed by atoms with Crippen LogP contribution in [0.25, 0.3) is 0 Å². The third kappa shape index (κ3) is 4.33. The SMILES string of the molecule is NC(=O)CN(CC(=O)O)C(=O)C(F)F. The molecule has 0 aromatic rings. The van der Waals surface area contributed by atoms with Crippen molar-refractivity contribution in [1.29, 1.82) is 0 Å². The lowest BCUT2D eigenvalue weighted by Crippen LogP contribution is -2.44. The Morgan fingerprint density at radius 3 is 2.07 bits per heavy atom. The molecule has 0 fully saturated rings. The Hall–Kier alpha value is -1.73. The molecule has 0 unspecified atom stereocenters. The lowest BCUT2D eigenvalue weighted by Gasteiger charge is -2.17. The number of hydrogen-bond donors (Lipinski definition) is 2. The summed E-state index contributed by atoms with van der Waals surface area (Å²) in [6.45, 7) is -1.82. The van der Waals surface area contributed by atoms with E-state index < -0.39 is 37.3 Å². The monoisotopic (exact) mass is 210 g/mol. The van der Waals surface area contributed by atoms with Crippen molar-refractivity contribution in [2.24, 2.45) is 5.73 Å². The van der Waals surface area contributed by atoms with Gasteiger partial charge in [-0.15, -0.1) is 0 Å². The Kier molecular flexibility index (Phi) is 4.47. The first kappa shape index (κ1) is 12.3. The van der Waals surface area contributed by atoms with E-state index in [1.165, 1.54) is 0 Å². The highest BCUT2D eigenvalue weighted by Gasteiger charge is 2.26. The van der Waals surface area contributed by atoms with Crippen LogP contribution in [0.2, 0.25) is 0 Å². The molecule has 3 N–H and O–H groups in total. The van der Waals surface area contributed by atoms with E-state index >= 15 is 0 Å². The highest BCUT2D eigenvalue weighted by atomic mass is 19.3. The van der Waals surface area contributed by atoms with Crippen LogP contribution >= 0.6 is 0 Å². The topological polar surface area (TPSA) is 101 Å². The highest BCUT2D eigenvalue weighted by Crippen LogP contribution is 2.00. The Bertz CT molecular complexity index is 240. The van der Waals surface area contributed by atoms with Crippen LogP contribution in [0.5, 0.6) is 0 Å². The van der Waals surface area contributed by atoms with Gasteiger partial charge in [0, 0.05) is 0 Å². The summed E-state index contributed by atoms with van der Waals surface area (Å²) in [4.78, 5) is 31.2. The van der Waals surface area contributed by atoms with Crippen molar-refractivity contribution in [3.8, 4) is 0 Å². The maximum Gasteiger partial charge on any atom is 0.323 e. The molecule has 0 aliphatic rings. The first-order valence-electron chi connectivity index (χ1n) is 3.41. The average Bonchev–Trinajstić information content (AvgIpc) is 1.99. The molecule has 0 radical (unpaired) electrons. The predicted molar refractivity (Wildman–Crippen MR) is 39.4 cm³/mol. The maximum absolute atomic E-state index is 11.8. The molecule has 0 heterocycles. The normalized spacial score (nSPS) is 9.93. The zero-order valence-corrected chi connectivity index (χ0v) is 6.94. The molecule has 0 saturated heterocycles.